The van der Waals surface area contributed by atoms with E-state index in [2.05, 4.69) is 29.9 Å². The SMILES string of the molecule is Cc1c(-c2ccncc2)cc2[nH]c(C3COc4ccccc4O3)nc2c1C.O=C(O)C(F)(F)F.O=C(O)C(F)(F)F. The predicted molar refractivity (Wildman–Crippen MR) is 131 cm³/mol. The number of hydrogen-bond donors (Lipinski definition) is 3. The van der Waals surface area contributed by atoms with Gasteiger partial charge in [0, 0.05) is 12.4 Å². The number of benzene rings is 2. The number of hydrogen-bond acceptors (Lipinski definition) is 6. The number of aliphatic carboxylic acids is 2. The van der Waals surface area contributed by atoms with E-state index in [1.165, 1.54) is 16.7 Å². The van der Waals surface area contributed by atoms with Crippen LogP contribution < -0.4 is 9.47 Å². The van der Waals surface area contributed by atoms with Crippen LogP contribution in [0.3, 0.4) is 0 Å². The Morgan fingerprint density at radius 1 is 0.902 bits per heavy atom. The molecular formula is C26H21F6N3O6. The molecule has 1 aliphatic rings. The Bertz CT molecular complexity index is 1510. The van der Waals surface area contributed by atoms with E-state index >= 15 is 0 Å². The summed E-state index contributed by atoms with van der Waals surface area (Å²) >= 11 is 0. The van der Waals surface area contributed by atoms with E-state index in [9.17, 15) is 26.3 Å². The Balaban J connectivity index is 0.000000276. The lowest BCUT2D eigenvalue weighted by Gasteiger charge is -2.24. The lowest BCUT2D eigenvalue weighted by atomic mass is 9.96. The molecule has 0 fully saturated rings. The van der Waals surface area contributed by atoms with Crippen molar-refractivity contribution in [2.45, 2.75) is 32.3 Å². The molecule has 15 heteroatoms. The second-order valence-electron chi connectivity index (χ2n) is 8.40. The number of fused-ring (bicyclic) bond motifs is 2. The van der Waals surface area contributed by atoms with E-state index in [-0.39, 0.29) is 6.10 Å². The van der Waals surface area contributed by atoms with Gasteiger partial charge in [0.2, 0.25) is 0 Å². The molecule has 2 aromatic carbocycles. The Morgan fingerprint density at radius 2 is 1.44 bits per heavy atom. The molecule has 0 amide bonds. The van der Waals surface area contributed by atoms with Crippen LogP contribution in [0.4, 0.5) is 26.3 Å². The van der Waals surface area contributed by atoms with E-state index in [0.717, 1.165) is 33.9 Å². The lowest BCUT2D eigenvalue weighted by molar-refractivity contribution is -0.193. The molecule has 9 nitrogen and oxygen atoms in total. The van der Waals surface area contributed by atoms with Crippen LogP contribution in [0.1, 0.15) is 23.1 Å². The third-order valence-electron chi connectivity index (χ3n) is 5.65. The number of rotatable bonds is 2. The molecule has 3 heterocycles. The molecule has 218 valence electrons. The van der Waals surface area contributed by atoms with Crippen LogP contribution in [0.5, 0.6) is 11.5 Å². The first-order valence-electron chi connectivity index (χ1n) is 11.5. The number of aryl methyl sites for hydroxylation is 1. The summed E-state index contributed by atoms with van der Waals surface area (Å²) in [6.07, 6.45) is -6.79. The zero-order valence-electron chi connectivity index (χ0n) is 21.2. The standard InChI is InChI=1S/C22H19N3O2.2C2HF3O2/c1-13-14(2)21-17(11-16(13)15-7-9-23-10-8-15)24-22(25-21)20-12-26-18-5-3-4-6-19(18)27-20;2*3-2(4,5)1(6)7/h3-11,20H,12H2,1-2H3,(H,24,25);2*(H,6,7). The van der Waals surface area contributed by atoms with Crippen molar-refractivity contribution in [3.8, 4) is 22.6 Å². The normalized spacial score (nSPS) is 14.3. The van der Waals surface area contributed by atoms with E-state index in [0.29, 0.717) is 6.61 Å². The Labute approximate surface area is 227 Å². The summed E-state index contributed by atoms with van der Waals surface area (Å²) < 4.78 is 75.4. The third-order valence-corrected chi connectivity index (χ3v) is 5.65. The summed E-state index contributed by atoms with van der Waals surface area (Å²) in [5, 5.41) is 14.2. The second-order valence-corrected chi connectivity index (χ2v) is 8.40. The van der Waals surface area contributed by atoms with E-state index in [1.54, 1.807) is 0 Å². The smallest absolute Gasteiger partial charge is 0.485 e. The van der Waals surface area contributed by atoms with Crippen molar-refractivity contribution in [3.63, 3.8) is 0 Å². The van der Waals surface area contributed by atoms with Gasteiger partial charge in [-0.15, -0.1) is 0 Å². The molecule has 0 saturated carbocycles. The van der Waals surface area contributed by atoms with Crippen LogP contribution >= 0.6 is 0 Å². The highest BCUT2D eigenvalue weighted by Gasteiger charge is 2.38. The first kappa shape index (κ1) is 30.7. The van der Waals surface area contributed by atoms with Gasteiger partial charge < -0.3 is 24.7 Å². The molecule has 5 rings (SSSR count). The molecule has 4 aromatic rings. The number of aromatic amines is 1. The summed E-state index contributed by atoms with van der Waals surface area (Å²) in [4.78, 5) is 30.2. The van der Waals surface area contributed by atoms with Crippen molar-refractivity contribution in [1.29, 1.82) is 0 Å². The van der Waals surface area contributed by atoms with E-state index < -0.39 is 24.3 Å². The number of halogens is 6. The fourth-order valence-electron chi connectivity index (χ4n) is 3.57. The Kier molecular flexibility index (Phi) is 9.10. The molecule has 0 saturated heterocycles. The van der Waals surface area contributed by atoms with Crippen LogP contribution in [-0.4, -0.2) is 56.1 Å². The summed E-state index contributed by atoms with van der Waals surface area (Å²) in [5.41, 5.74) is 6.69. The van der Waals surface area contributed by atoms with E-state index in [4.69, 9.17) is 34.3 Å². The van der Waals surface area contributed by atoms with Gasteiger partial charge in [-0.1, -0.05) is 12.1 Å². The predicted octanol–water partition coefficient (Wildman–Crippen LogP) is 6.02. The van der Waals surface area contributed by atoms with E-state index in [1.807, 2.05) is 48.8 Å². The second kappa shape index (κ2) is 12.1. The number of alkyl halides is 6. The summed E-state index contributed by atoms with van der Waals surface area (Å²) in [6.45, 7) is 4.68. The molecule has 41 heavy (non-hydrogen) atoms. The number of pyridine rings is 1. The topological polar surface area (TPSA) is 135 Å². The minimum Gasteiger partial charge on any atom is -0.485 e. The van der Waals surface area contributed by atoms with Crippen molar-refractivity contribution >= 4 is 23.0 Å². The quantitative estimate of drug-likeness (QED) is 0.243. The van der Waals surface area contributed by atoms with Crippen molar-refractivity contribution in [1.82, 2.24) is 15.0 Å². The minimum absolute atomic E-state index is 0.253. The van der Waals surface area contributed by atoms with Crippen LogP contribution in [0.15, 0.2) is 54.9 Å². The summed E-state index contributed by atoms with van der Waals surface area (Å²) in [5.74, 6) is -3.20. The molecule has 0 aliphatic carbocycles. The monoisotopic (exact) mass is 585 g/mol. The zero-order chi connectivity index (χ0) is 30.5. The Hall–Kier alpha value is -4.82. The molecule has 3 N–H and O–H groups in total. The van der Waals surface area contributed by atoms with Crippen LogP contribution in [0.25, 0.3) is 22.2 Å². The number of carboxylic acid groups (broad SMARTS) is 2. The first-order chi connectivity index (χ1) is 19.1. The molecule has 0 radical (unpaired) electrons. The number of aromatic nitrogens is 3. The number of carbonyl (C=O) groups is 2. The lowest BCUT2D eigenvalue weighted by Crippen LogP contribution is -2.22. The van der Waals surface area contributed by atoms with Crippen molar-refractivity contribution < 1.29 is 55.6 Å². The number of imidazole rings is 1. The van der Waals surface area contributed by atoms with Crippen LogP contribution in [0.2, 0.25) is 0 Å². The van der Waals surface area contributed by atoms with Crippen molar-refractivity contribution in [2.75, 3.05) is 6.61 Å². The molecule has 1 aliphatic heterocycles. The largest absolute Gasteiger partial charge is 0.490 e. The molecular weight excluding hydrogens is 564 g/mol. The maximum Gasteiger partial charge on any atom is 0.490 e. The van der Waals surface area contributed by atoms with Gasteiger partial charge in [0.05, 0.1) is 11.0 Å². The van der Waals surface area contributed by atoms with Gasteiger partial charge in [0.1, 0.15) is 6.61 Å². The van der Waals surface area contributed by atoms with Crippen LogP contribution in [0, 0.1) is 13.8 Å². The molecule has 0 bridgehead atoms. The molecule has 0 spiro atoms. The summed E-state index contributed by atoms with van der Waals surface area (Å²) in [6, 6.07) is 13.9. The van der Waals surface area contributed by atoms with Gasteiger partial charge in [0.25, 0.3) is 0 Å². The number of nitrogens with one attached hydrogen (secondary N) is 1. The number of carboxylic acids is 2. The fraction of sp³-hybridized carbons (Fsp3) is 0.231. The third kappa shape index (κ3) is 7.64. The first-order valence-corrected chi connectivity index (χ1v) is 11.5. The van der Waals surface area contributed by atoms with Gasteiger partial charge in [-0.3, -0.25) is 4.98 Å². The number of ether oxygens (including phenoxy) is 2. The average Bonchev–Trinajstić information content (AvgIpc) is 3.35. The van der Waals surface area contributed by atoms with Crippen molar-refractivity contribution in [2.24, 2.45) is 0 Å². The maximum atomic E-state index is 10.6. The molecule has 1 unspecified atom stereocenters. The van der Waals surface area contributed by atoms with Gasteiger partial charge in [-0.25, -0.2) is 14.6 Å². The highest BCUT2D eigenvalue weighted by atomic mass is 19.4. The fourth-order valence-corrected chi connectivity index (χ4v) is 3.57. The van der Waals surface area contributed by atoms with Gasteiger partial charge in [-0.2, -0.15) is 26.3 Å². The van der Waals surface area contributed by atoms with Gasteiger partial charge >= 0.3 is 24.3 Å². The number of nitrogens with zero attached hydrogens (tertiary/aromatic N) is 2. The zero-order valence-corrected chi connectivity index (χ0v) is 21.2. The highest BCUT2D eigenvalue weighted by molar-refractivity contribution is 5.87. The maximum absolute atomic E-state index is 10.6. The van der Waals surface area contributed by atoms with Crippen LogP contribution in [-0.2, 0) is 9.59 Å². The minimum atomic E-state index is -5.08. The van der Waals surface area contributed by atoms with Gasteiger partial charge in [0.15, 0.2) is 23.4 Å². The number of H-pyrrole nitrogens is 1. The average molecular weight is 585 g/mol. The Morgan fingerprint density at radius 3 is 1.98 bits per heavy atom. The summed E-state index contributed by atoms with van der Waals surface area (Å²) in [7, 11) is 0. The van der Waals surface area contributed by atoms with Gasteiger partial charge in [-0.05, 0) is 66.4 Å². The number of para-hydroxylation sites is 2. The highest BCUT2D eigenvalue weighted by Crippen LogP contribution is 2.37. The van der Waals surface area contributed by atoms with Crippen molar-refractivity contribution in [3.05, 3.63) is 71.8 Å². The molecule has 1 atom stereocenters. The molecule has 2 aromatic heterocycles.